The van der Waals surface area contributed by atoms with Crippen LogP contribution in [-0.4, -0.2) is 4.98 Å². The molecule has 2 rings (SSSR count). The van der Waals surface area contributed by atoms with Crippen LogP contribution in [0.3, 0.4) is 0 Å². The van der Waals surface area contributed by atoms with Crippen molar-refractivity contribution in [1.82, 2.24) is 4.98 Å². The third-order valence-corrected chi connectivity index (χ3v) is 5.12. The minimum atomic E-state index is 0.883. The Labute approximate surface area is 94.7 Å². The number of thiazole rings is 1. The molecular weight excluding hydrogens is 322 g/mol. The molecule has 2 aromatic heterocycles. The van der Waals surface area contributed by atoms with Crippen LogP contribution in [0.25, 0.3) is 10.6 Å². The Morgan fingerprint density at radius 1 is 1.33 bits per heavy atom. The van der Waals surface area contributed by atoms with Crippen LogP contribution in [-0.2, 0) is 0 Å². The standard InChI is InChI=1S/C7H3Br2NS2/c8-5-6(9)12-7(10-5)4-1-2-11-3-4/h1-3H. The van der Waals surface area contributed by atoms with Gasteiger partial charge >= 0.3 is 0 Å². The molecule has 0 aliphatic rings. The van der Waals surface area contributed by atoms with E-state index in [1.54, 1.807) is 22.7 Å². The molecule has 2 aromatic rings. The Kier molecular flexibility index (Phi) is 2.64. The van der Waals surface area contributed by atoms with Gasteiger partial charge in [0.15, 0.2) is 0 Å². The molecule has 0 N–H and O–H groups in total. The quantitative estimate of drug-likeness (QED) is 0.757. The zero-order valence-electron chi connectivity index (χ0n) is 5.75. The van der Waals surface area contributed by atoms with Crippen LogP contribution < -0.4 is 0 Å². The highest BCUT2D eigenvalue weighted by atomic mass is 79.9. The molecule has 0 aliphatic carbocycles. The van der Waals surface area contributed by atoms with E-state index in [4.69, 9.17) is 0 Å². The van der Waals surface area contributed by atoms with Gasteiger partial charge < -0.3 is 0 Å². The molecule has 0 fully saturated rings. The van der Waals surface area contributed by atoms with Gasteiger partial charge in [0.05, 0.1) is 0 Å². The summed E-state index contributed by atoms with van der Waals surface area (Å²) in [7, 11) is 0. The van der Waals surface area contributed by atoms with Crippen LogP contribution in [0, 0.1) is 0 Å². The summed E-state index contributed by atoms with van der Waals surface area (Å²) in [5, 5.41) is 5.20. The van der Waals surface area contributed by atoms with Gasteiger partial charge in [0, 0.05) is 10.9 Å². The van der Waals surface area contributed by atoms with Gasteiger partial charge in [-0.25, -0.2) is 4.98 Å². The molecule has 0 saturated carbocycles. The fraction of sp³-hybridized carbons (Fsp3) is 0. The van der Waals surface area contributed by atoms with Crippen molar-refractivity contribution in [2.24, 2.45) is 0 Å². The summed E-state index contributed by atoms with van der Waals surface area (Å²) in [5.74, 6) is 0. The number of aromatic nitrogens is 1. The fourth-order valence-electron chi connectivity index (χ4n) is 0.793. The Morgan fingerprint density at radius 2 is 2.17 bits per heavy atom. The second-order valence-corrected chi connectivity index (χ2v) is 5.94. The van der Waals surface area contributed by atoms with Gasteiger partial charge in [-0.2, -0.15) is 11.3 Å². The molecule has 0 bridgehead atoms. The highest BCUT2D eigenvalue weighted by Crippen LogP contribution is 2.35. The Hall–Kier alpha value is 0.290. The van der Waals surface area contributed by atoms with Gasteiger partial charge in [-0.05, 0) is 43.3 Å². The first-order valence-corrected chi connectivity index (χ1v) is 6.46. The van der Waals surface area contributed by atoms with Crippen molar-refractivity contribution in [3.8, 4) is 10.6 Å². The van der Waals surface area contributed by atoms with Gasteiger partial charge in [0.25, 0.3) is 0 Å². The van der Waals surface area contributed by atoms with E-state index in [9.17, 15) is 0 Å². The van der Waals surface area contributed by atoms with Crippen molar-refractivity contribution in [3.05, 3.63) is 25.2 Å². The topological polar surface area (TPSA) is 12.9 Å². The predicted molar refractivity (Wildman–Crippen MR) is 60.8 cm³/mol. The molecule has 0 atom stereocenters. The number of nitrogens with zero attached hydrogens (tertiary/aromatic N) is 1. The fourth-order valence-corrected chi connectivity index (χ4v) is 3.28. The van der Waals surface area contributed by atoms with Crippen LogP contribution in [0.15, 0.2) is 25.2 Å². The van der Waals surface area contributed by atoms with Crippen LogP contribution in [0.2, 0.25) is 0 Å². The third-order valence-electron chi connectivity index (χ3n) is 1.32. The van der Waals surface area contributed by atoms with E-state index in [0.29, 0.717) is 0 Å². The lowest BCUT2D eigenvalue weighted by Gasteiger charge is -1.84. The van der Waals surface area contributed by atoms with E-state index in [-0.39, 0.29) is 0 Å². The zero-order valence-corrected chi connectivity index (χ0v) is 10.6. The minimum absolute atomic E-state index is 0.883. The van der Waals surface area contributed by atoms with Crippen molar-refractivity contribution in [2.75, 3.05) is 0 Å². The monoisotopic (exact) mass is 323 g/mol. The molecule has 5 heteroatoms. The Bertz CT molecular complexity index is 361. The van der Waals surface area contributed by atoms with Gasteiger partial charge in [-0.1, -0.05) is 0 Å². The van der Waals surface area contributed by atoms with Crippen molar-refractivity contribution in [1.29, 1.82) is 0 Å². The van der Waals surface area contributed by atoms with Crippen molar-refractivity contribution in [2.45, 2.75) is 0 Å². The first-order valence-electron chi connectivity index (χ1n) is 3.12. The number of rotatable bonds is 1. The average molecular weight is 325 g/mol. The van der Waals surface area contributed by atoms with Gasteiger partial charge in [-0.15, -0.1) is 11.3 Å². The van der Waals surface area contributed by atoms with E-state index in [0.717, 1.165) is 13.4 Å². The van der Waals surface area contributed by atoms with Crippen molar-refractivity contribution < 1.29 is 0 Å². The van der Waals surface area contributed by atoms with E-state index in [1.807, 2.05) is 0 Å². The lowest BCUT2D eigenvalue weighted by Crippen LogP contribution is -1.68. The van der Waals surface area contributed by atoms with E-state index < -0.39 is 0 Å². The van der Waals surface area contributed by atoms with Gasteiger partial charge in [-0.3, -0.25) is 0 Å². The number of hydrogen-bond acceptors (Lipinski definition) is 3. The lowest BCUT2D eigenvalue weighted by atomic mass is 10.4. The summed E-state index contributed by atoms with van der Waals surface area (Å²) in [6.45, 7) is 0. The van der Waals surface area contributed by atoms with Crippen LogP contribution in [0.1, 0.15) is 0 Å². The van der Waals surface area contributed by atoms with Crippen molar-refractivity contribution >= 4 is 54.5 Å². The van der Waals surface area contributed by atoms with Crippen LogP contribution >= 0.6 is 54.5 Å². The first kappa shape index (κ1) is 8.87. The number of thiophene rings is 1. The molecule has 12 heavy (non-hydrogen) atoms. The molecule has 0 spiro atoms. The second kappa shape index (κ2) is 3.57. The Balaban J connectivity index is 2.48. The Morgan fingerprint density at radius 3 is 2.67 bits per heavy atom. The highest BCUT2D eigenvalue weighted by Gasteiger charge is 2.07. The molecule has 62 valence electrons. The smallest absolute Gasteiger partial charge is 0.132 e. The molecule has 2 heterocycles. The molecule has 0 radical (unpaired) electrons. The number of halogens is 2. The normalized spacial score (nSPS) is 10.5. The average Bonchev–Trinajstić information content (AvgIpc) is 2.61. The maximum Gasteiger partial charge on any atom is 0.132 e. The first-order chi connectivity index (χ1) is 5.77. The summed E-state index contributed by atoms with van der Waals surface area (Å²) < 4.78 is 1.93. The van der Waals surface area contributed by atoms with Crippen LogP contribution in [0.5, 0.6) is 0 Å². The summed E-state index contributed by atoms with van der Waals surface area (Å²) in [6, 6.07) is 2.07. The zero-order chi connectivity index (χ0) is 8.55. The molecule has 1 nitrogen and oxygen atoms in total. The van der Waals surface area contributed by atoms with Crippen molar-refractivity contribution in [3.63, 3.8) is 0 Å². The van der Waals surface area contributed by atoms with E-state index >= 15 is 0 Å². The molecular formula is C7H3Br2NS2. The lowest BCUT2D eigenvalue weighted by molar-refractivity contribution is 1.35. The van der Waals surface area contributed by atoms with E-state index in [1.165, 1.54) is 5.56 Å². The van der Waals surface area contributed by atoms with E-state index in [2.05, 4.69) is 53.7 Å². The largest absolute Gasteiger partial charge is 0.228 e. The molecule has 0 aromatic carbocycles. The molecule has 0 saturated heterocycles. The highest BCUT2D eigenvalue weighted by molar-refractivity contribution is 9.13. The SMILES string of the molecule is Brc1nc(-c2ccsc2)sc1Br. The second-order valence-electron chi connectivity index (χ2n) is 2.10. The summed E-state index contributed by atoms with van der Waals surface area (Å²) >= 11 is 10.1. The summed E-state index contributed by atoms with van der Waals surface area (Å²) in [6.07, 6.45) is 0. The maximum absolute atomic E-state index is 4.35. The maximum atomic E-state index is 4.35. The van der Waals surface area contributed by atoms with Crippen LogP contribution in [0.4, 0.5) is 0 Å². The van der Waals surface area contributed by atoms with Gasteiger partial charge in [0.1, 0.15) is 13.4 Å². The summed E-state index contributed by atoms with van der Waals surface area (Å²) in [4.78, 5) is 4.35. The number of hydrogen-bond donors (Lipinski definition) is 0. The minimum Gasteiger partial charge on any atom is -0.228 e. The molecule has 0 unspecified atom stereocenters. The predicted octanol–water partition coefficient (Wildman–Crippen LogP) is 4.40. The van der Waals surface area contributed by atoms with Gasteiger partial charge in [0.2, 0.25) is 0 Å². The molecule has 0 amide bonds. The summed E-state index contributed by atoms with van der Waals surface area (Å²) in [5.41, 5.74) is 1.19. The molecule has 0 aliphatic heterocycles. The third kappa shape index (κ3) is 1.64.